The molecule has 0 saturated carbocycles. The van der Waals surface area contributed by atoms with Gasteiger partial charge in [-0.25, -0.2) is 4.79 Å². The van der Waals surface area contributed by atoms with Crippen LogP contribution in [0.3, 0.4) is 0 Å². The SMILES string of the molecule is COc1ccc(C(=O)OC(C)C(=O)Nc2cc(C)ccc2OC)c(O)c1. The first kappa shape index (κ1) is 19.1. The molecular formula is C19H21NO6. The zero-order chi connectivity index (χ0) is 19.3. The van der Waals surface area contributed by atoms with E-state index in [-0.39, 0.29) is 11.3 Å². The van der Waals surface area contributed by atoms with Crippen molar-refractivity contribution in [3.8, 4) is 17.2 Å². The molecule has 0 spiro atoms. The van der Waals surface area contributed by atoms with Crippen molar-refractivity contribution in [2.45, 2.75) is 20.0 Å². The van der Waals surface area contributed by atoms with Gasteiger partial charge in [0, 0.05) is 6.07 Å². The van der Waals surface area contributed by atoms with Gasteiger partial charge in [-0.2, -0.15) is 0 Å². The number of ether oxygens (including phenoxy) is 3. The fourth-order valence-corrected chi connectivity index (χ4v) is 2.24. The second-order valence-corrected chi connectivity index (χ2v) is 5.62. The Bertz CT molecular complexity index is 818. The smallest absolute Gasteiger partial charge is 0.342 e. The molecule has 1 unspecified atom stereocenters. The average Bonchev–Trinajstić information content (AvgIpc) is 2.61. The van der Waals surface area contributed by atoms with Crippen LogP contribution in [-0.2, 0) is 9.53 Å². The van der Waals surface area contributed by atoms with Crippen LogP contribution < -0.4 is 14.8 Å². The van der Waals surface area contributed by atoms with Gasteiger partial charge in [0.1, 0.15) is 22.8 Å². The van der Waals surface area contributed by atoms with Gasteiger partial charge in [-0.1, -0.05) is 6.07 Å². The maximum atomic E-state index is 12.3. The van der Waals surface area contributed by atoms with Crippen molar-refractivity contribution in [1.29, 1.82) is 0 Å². The Morgan fingerprint density at radius 3 is 2.42 bits per heavy atom. The first-order valence-corrected chi connectivity index (χ1v) is 7.89. The Morgan fingerprint density at radius 2 is 1.81 bits per heavy atom. The number of benzene rings is 2. The molecule has 0 aliphatic rings. The van der Waals surface area contributed by atoms with Gasteiger partial charge < -0.3 is 24.6 Å². The van der Waals surface area contributed by atoms with Crippen LogP contribution >= 0.6 is 0 Å². The van der Waals surface area contributed by atoms with Gasteiger partial charge in [-0.05, 0) is 43.7 Å². The normalized spacial score (nSPS) is 11.4. The van der Waals surface area contributed by atoms with Gasteiger partial charge in [0.05, 0.1) is 19.9 Å². The van der Waals surface area contributed by atoms with Crippen LogP contribution in [0.25, 0.3) is 0 Å². The summed E-state index contributed by atoms with van der Waals surface area (Å²) in [7, 11) is 2.94. The number of hydrogen-bond acceptors (Lipinski definition) is 6. The fraction of sp³-hybridized carbons (Fsp3) is 0.263. The van der Waals surface area contributed by atoms with Crippen molar-refractivity contribution >= 4 is 17.6 Å². The van der Waals surface area contributed by atoms with Gasteiger partial charge in [0.2, 0.25) is 0 Å². The molecule has 7 heteroatoms. The summed E-state index contributed by atoms with van der Waals surface area (Å²) in [5.74, 6) is -0.728. The van der Waals surface area contributed by atoms with E-state index in [1.165, 1.54) is 39.3 Å². The van der Waals surface area contributed by atoms with Crippen LogP contribution in [0.2, 0.25) is 0 Å². The maximum absolute atomic E-state index is 12.3. The third-order valence-electron chi connectivity index (χ3n) is 3.69. The molecule has 0 radical (unpaired) electrons. The number of aromatic hydroxyl groups is 1. The third kappa shape index (κ3) is 4.44. The predicted octanol–water partition coefficient (Wildman–Crippen LogP) is 2.90. The van der Waals surface area contributed by atoms with Gasteiger partial charge in [-0.3, -0.25) is 4.79 Å². The minimum absolute atomic E-state index is 0.0569. The fourth-order valence-electron chi connectivity index (χ4n) is 2.24. The molecule has 1 atom stereocenters. The van der Waals surface area contributed by atoms with E-state index in [1.54, 1.807) is 12.1 Å². The number of amides is 1. The van der Waals surface area contributed by atoms with Crippen molar-refractivity contribution < 1.29 is 28.9 Å². The number of phenols is 1. The number of esters is 1. The van der Waals surface area contributed by atoms with E-state index >= 15 is 0 Å². The van der Waals surface area contributed by atoms with Crippen LogP contribution in [0, 0.1) is 6.92 Å². The lowest BCUT2D eigenvalue weighted by molar-refractivity contribution is -0.123. The summed E-state index contributed by atoms with van der Waals surface area (Å²) in [6.07, 6.45) is -1.07. The van der Waals surface area contributed by atoms with Crippen molar-refractivity contribution in [1.82, 2.24) is 0 Å². The molecule has 0 bridgehead atoms. The van der Waals surface area contributed by atoms with Gasteiger partial charge in [0.25, 0.3) is 5.91 Å². The lowest BCUT2D eigenvalue weighted by atomic mass is 10.2. The highest BCUT2D eigenvalue weighted by Crippen LogP contribution is 2.26. The van der Waals surface area contributed by atoms with Crippen LogP contribution in [0.15, 0.2) is 36.4 Å². The number of anilines is 1. The Morgan fingerprint density at radius 1 is 1.08 bits per heavy atom. The number of phenolic OH excluding ortho intramolecular Hbond substituents is 1. The van der Waals surface area contributed by atoms with E-state index in [0.29, 0.717) is 17.2 Å². The molecule has 2 rings (SSSR count). The van der Waals surface area contributed by atoms with Crippen molar-refractivity contribution in [2.75, 3.05) is 19.5 Å². The van der Waals surface area contributed by atoms with Crippen LogP contribution in [-0.4, -0.2) is 37.3 Å². The van der Waals surface area contributed by atoms with Gasteiger partial charge in [0.15, 0.2) is 6.10 Å². The van der Waals surface area contributed by atoms with Gasteiger partial charge in [-0.15, -0.1) is 0 Å². The summed E-state index contributed by atoms with van der Waals surface area (Å²) < 4.78 is 15.3. The molecule has 2 aromatic carbocycles. The minimum Gasteiger partial charge on any atom is -0.507 e. The van der Waals surface area contributed by atoms with Crippen molar-refractivity contribution in [2.24, 2.45) is 0 Å². The van der Waals surface area contributed by atoms with E-state index in [4.69, 9.17) is 14.2 Å². The van der Waals surface area contributed by atoms with Crippen LogP contribution in [0.5, 0.6) is 17.2 Å². The second-order valence-electron chi connectivity index (χ2n) is 5.62. The van der Waals surface area contributed by atoms with Gasteiger partial charge >= 0.3 is 5.97 Å². The van der Waals surface area contributed by atoms with Crippen molar-refractivity contribution in [3.05, 3.63) is 47.5 Å². The molecule has 1 amide bonds. The largest absolute Gasteiger partial charge is 0.507 e. The number of methoxy groups -OCH3 is 2. The lowest BCUT2D eigenvalue weighted by Crippen LogP contribution is -2.30. The standard InChI is InChI=1S/C19H21NO6/c1-11-5-8-17(25-4)15(9-11)20-18(22)12(2)26-19(23)14-7-6-13(24-3)10-16(14)21/h5-10,12,21H,1-4H3,(H,20,22). The topological polar surface area (TPSA) is 94.1 Å². The molecule has 0 aliphatic heterocycles. The predicted molar refractivity (Wildman–Crippen MR) is 95.9 cm³/mol. The van der Waals surface area contributed by atoms with E-state index in [9.17, 15) is 14.7 Å². The maximum Gasteiger partial charge on any atom is 0.342 e. The number of hydrogen-bond donors (Lipinski definition) is 2. The Hall–Kier alpha value is -3.22. The lowest BCUT2D eigenvalue weighted by Gasteiger charge is -2.16. The summed E-state index contributed by atoms with van der Waals surface area (Å²) in [6, 6.07) is 9.50. The molecule has 2 aromatic rings. The van der Waals surface area contributed by atoms with E-state index in [2.05, 4.69) is 5.32 Å². The molecule has 0 aliphatic carbocycles. The summed E-state index contributed by atoms with van der Waals surface area (Å²) in [5.41, 5.74) is 1.36. The molecule has 0 saturated heterocycles. The highest BCUT2D eigenvalue weighted by molar-refractivity contribution is 5.99. The van der Waals surface area contributed by atoms with Crippen molar-refractivity contribution in [3.63, 3.8) is 0 Å². The Balaban J connectivity index is 2.07. The quantitative estimate of drug-likeness (QED) is 0.770. The number of carbonyl (C=O) groups excluding carboxylic acids is 2. The molecule has 138 valence electrons. The zero-order valence-electron chi connectivity index (χ0n) is 15.0. The molecule has 0 aromatic heterocycles. The Labute approximate surface area is 151 Å². The first-order valence-electron chi connectivity index (χ1n) is 7.89. The van der Waals surface area contributed by atoms with Crippen LogP contribution in [0.4, 0.5) is 5.69 Å². The summed E-state index contributed by atoms with van der Waals surface area (Å²) >= 11 is 0. The molecule has 7 nitrogen and oxygen atoms in total. The third-order valence-corrected chi connectivity index (χ3v) is 3.69. The van der Waals surface area contributed by atoms with E-state index in [1.807, 2.05) is 13.0 Å². The van der Waals surface area contributed by atoms with E-state index < -0.39 is 18.0 Å². The molecule has 0 fully saturated rings. The monoisotopic (exact) mass is 359 g/mol. The Kier molecular flexibility index (Phi) is 6.06. The summed E-state index contributed by atoms with van der Waals surface area (Å²) in [5, 5.41) is 12.5. The summed E-state index contributed by atoms with van der Waals surface area (Å²) in [4.78, 5) is 24.5. The molecule has 26 heavy (non-hydrogen) atoms. The molecule has 2 N–H and O–H groups in total. The number of aryl methyl sites for hydroxylation is 1. The van der Waals surface area contributed by atoms with E-state index in [0.717, 1.165) is 5.56 Å². The second kappa shape index (κ2) is 8.24. The average molecular weight is 359 g/mol. The zero-order valence-corrected chi connectivity index (χ0v) is 15.0. The molecule has 0 heterocycles. The number of rotatable bonds is 6. The first-order chi connectivity index (χ1) is 12.3. The minimum atomic E-state index is -1.07. The summed E-state index contributed by atoms with van der Waals surface area (Å²) in [6.45, 7) is 3.32. The number of carbonyl (C=O) groups is 2. The highest BCUT2D eigenvalue weighted by Gasteiger charge is 2.22. The molecular weight excluding hydrogens is 338 g/mol. The number of nitrogens with one attached hydrogen (secondary N) is 1. The highest BCUT2D eigenvalue weighted by atomic mass is 16.5. The van der Waals surface area contributed by atoms with Crippen LogP contribution in [0.1, 0.15) is 22.8 Å².